The van der Waals surface area contributed by atoms with Gasteiger partial charge in [-0.2, -0.15) is 5.10 Å². The third-order valence-electron chi connectivity index (χ3n) is 6.69. The van der Waals surface area contributed by atoms with E-state index in [4.69, 9.17) is 9.84 Å². The Kier molecular flexibility index (Phi) is 5.84. The van der Waals surface area contributed by atoms with E-state index in [-0.39, 0.29) is 18.4 Å². The minimum atomic E-state index is -0.779. The largest absolute Gasteiger partial charge is 0.487 e. The van der Waals surface area contributed by atoms with Crippen molar-refractivity contribution >= 4 is 38.7 Å². The maximum Gasteiger partial charge on any atom is 0.304 e. The molecule has 0 bridgehead atoms. The second-order valence-electron chi connectivity index (χ2n) is 8.82. The monoisotopic (exact) mass is 512 g/mol. The van der Waals surface area contributed by atoms with Crippen molar-refractivity contribution in [2.24, 2.45) is 0 Å². The van der Waals surface area contributed by atoms with Gasteiger partial charge in [-0.3, -0.25) is 14.7 Å². The number of aliphatic carboxylic acids is 1. The molecule has 3 N–H and O–H groups in total. The second kappa shape index (κ2) is 8.79. The minimum Gasteiger partial charge on any atom is -0.487 e. The molecule has 1 aromatic heterocycles. The van der Waals surface area contributed by atoms with Crippen molar-refractivity contribution < 1.29 is 19.4 Å². The zero-order valence-electron chi connectivity index (χ0n) is 18.0. The van der Waals surface area contributed by atoms with Crippen LogP contribution in [0.2, 0.25) is 0 Å². The highest BCUT2D eigenvalue weighted by Gasteiger charge is 2.44. The van der Waals surface area contributed by atoms with Crippen molar-refractivity contribution in [3.63, 3.8) is 0 Å². The number of rotatable bonds is 5. The number of para-hydroxylation sites is 1. The highest BCUT2D eigenvalue weighted by atomic mass is 79.9. The number of carbonyl (C=O) groups excluding carboxylic acids is 1. The van der Waals surface area contributed by atoms with Crippen LogP contribution in [0.4, 0.5) is 0 Å². The summed E-state index contributed by atoms with van der Waals surface area (Å²) in [6.45, 7) is 2.09. The van der Waals surface area contributed by atoms with Gasteiger partial charge in [-0.25, -0.2) is 0 Å². The lowest BCUT2D eigenvalue weighted by Crippen LogP contribution is -2.52. The molecule has 33 heavy (non-hydrogen) atoms. The number of fused-ring (bicyclic) bond motifs is 2. The number of hydrogen-bond donors (Lipinski definition) is 3. The summed E-state index contributed by atoms with van der Waals surface area (Å²) in [5, 5.41) is 20.1. The van der Waals surface area contributed by atoms with E-state index in [2.05, 4.69) is 36.3 Å². The number of carboxylic acid groups (broad SMARTS) is 1. The average Bonchev–Trinajstić information content (AvgIpc) is 3.28. The summed E-state index contributed by atoms with van der Waals surface area (Å²) in [4.78, 5) is 26.4. The molecule has 0 radical (unpaired) electrons. The van der Waals surface area contributed by atoms with E-state index in [0.29, 0.717) is 18.5 Å². The molecule has 2 aliphatic heterocycles. The van der Waals surface area contributed by atoms with Crippen LogP contribution in [0.5, 0.6) is 5.75 Å². The predicted octanol–water partition coefficient (Wildman–Crippen LogP) is 3.89. The highest BCUT2D eigenvalue weighted by molar-refractivity contribution is 9.10. The van der Waals surface area contributed by atoms with Gasteiger partial charge in [0.15, 0.2) is 0 Å². The number of hydrogen-bond acceptors (Lipinski definition) is 5. The van der Waals surface area contributed by atoms with E-state index in [9.17, 15) is 9.59 Å². The first-order valence-electron chi connectivity index (χ1n) is 11.1. The number of likely N-dealkylation sites (tertiary alicyclic amines) is 1. The number of aromatic nitrogens is 2. The van der Waals surface area contributed by atoms with E-state index < -0.39 is 11.6 Å². The van der Waals surface area contributed by atoms with E-state index in [0.717, 1.165) is 52.6 Å². The standard InChI is InChI=1S/C24H25BrN4O4/c25-16-4-5-20-18(12-16)19(27-23(32)17-3-1-2-15-14-26-28-22(15)17)13-24(33-20)7-10-29(11-8-24)9-6-21(30)31/h1-5,12,14,19H,6-11,13H2,(H,26,28)(H,27,32)(H,30,31)/t19-/m0/s1. The zero-order valence-corrected chi connectivity index (χ0v) is 19.6. The van der Waals surface area contributed by atoms with Crippen LogP contribution in [0, 0.1) is 0 Å². The number of ether oxygens (including phenoxy) is 1. The number of aromatic amines is 1. The Hall–Kier alpha value is -2.91. The van der Waals surface area contributed by atoms with Gasteiger partial charge in [0.2, 0.25) is 0 Å². The van der Waals surface area contributed by atoms with Gasteiger partial charge in [0.05, 0.1) is 29.7 Å². The van der Waals surface area contributed by atoms with Crippen LogP contribution < -0.4 is 10.1 Å². The number of piperidine rings is 1. The quantitative estimate of drug-likeness (QED) is 0.478. The summed E-state index contributed by atoms with van der Waals surface area (Å²) in [5.74, 6) is -0.149. The first-order valence-corrected chi connectivity index (χ1v) is 11.9. The lowest BCUT2D eigenvalue weighted by Gasteiger charge is -2.47. The number of carbonyl (C=O) groups is 2. The molecule has 1 spiro atoms. The Labute approximate surface area is 199 Å². The molecule has 9 heteroatoms. The Morgan fingerprint density at radius 3 is 2.88 bits per heavy atom. The number of carboxylic acids is 1. The van der Waals surface area contributed by atoms with Crippen LogP contribution in [0.15, 0.2) is 47.1 Å². The minimum absolute atomic E-state index is 0.141. The molecule has 3 heterocycles. The highest BCUT2D eigenvalue weighted by Crippen LogP contribution is 2.45. The number of amides is 1. The molecule has 8 nitrogen and oxygen atoms in total. The molecule has 2 aliphatic rings. The number of H-pyrrole nitrogens is 1. The van der Waals surface area contributed by atoms with E-state index in [1.807, 2.05) is 30.3 Å². The fourth-order valence-electron chi connectivity index (χ4n) is 4.91. The van der Waals surface area contributed by atoms with Crippen molar-refractivity contribution in [3.05, 3.63) is 58.2 Å². The van der Waals surface area contributed by atoms with Crippen molar-refractivity contribution in [1.82, 2.24) is 20.4 Å². The Balaban J connectivity index is 1.38. The summed E-state index contributed by atoms with van der Waals surface area (Å²) in [5.41, 5.74) is 1.84. The molecule has 1 amide bonds. The van der Waals surface area contributed by atoms with E-state index in [1.165, 1.54) is 0 Å². The average molecular weight is 513 g/mol. The molecule has 1 fully saturated rings. The molecule has 3 aromatic rings. The van der Waals surface area contributed by atoms with Crippen molar-refractivity contribution in [2.75, 3.05) is 19.6 Å². The van der Waals surface area contributed by atoms with Crippen LogP contribution in [0.1, 0.15) is 47.6 Å². The SMILES string of the molecule is O=C(O)CCN1CCC2(CC1)C[C@H](NC(=O)c1cccc3cn[nH]c13)c1cc(Br)ccc1O2. The zero-order chi connectivity index (χ0) is 23.0. The lowest BCUT2D eigenvalue weighted by molar-refractivity contribution is -0.137. The van der Waals surface area contributed by atoms with Crippen LogP contribution in [0.3, 0.4) is 0 Å². The molecule has 0 saturated carbocycles. The third kappa shape index (κ3) is 4.47. The first-order chi connectivity index (χ1) is 15.9. The molecule has 2 aromatic carbocycles. The van der Waals surface area contributed by atoms with E-state index >= 15 is 0 Å². The maximum absolute atomic E-state index is 13.3. The van der Waals surface area contributed by atoms with Crippen LogP contribution in [0.25, 0.3) is 10.9 Å². The van der Waals surface area contributed by atoms with Gasteiger partial charge in [-0.1, -0.05) is 28.1 Å². The molecular formula is C24H25BrN4O4. The first kappa shape index (κ1) is 21.9. The van der Waals surface area contributed by atoms with E-state index in [1.54, 1.807) is 12.3 Å². The Morgan fingerprint density at radius 2 is 2.09 bits per heavy atom. The molecule has 1 atom stereocenters. The summed E-state index contributed by atoms with van der Waals surface area (Å²) >= 11 is 3.54. The van der Waals surface area contributed by atoms with Gasteiger partial charge >= 0.3 is 5.97 Å². The van der Waals surface area contributed by atoms with Crippen molar-refractivity contribution in [1.29, 1.82) is 0 Å². The Morgan fingerprint density at radius 1 is 1.27 bits per heavy atom. The molecule has 5 rings (SSSR count). The Bertz CT molecular complexity index is 1200. The molecule has 172 valence electrons. The lowest BCUT2D eigenvalue weighted by atomic mass is 9.80. The topological polar surface area (TPSA) is 108 Å². The number of nitrogens with zero attached hydrogens (tertiary/aromatic N) is 2. The molecule has 0 unspecified atom stereocenters. The normalized spacial score (nSPS) is 19.7. The van der Waals surface area contributed by atoms with Gasteiger partial charge in [0.1, 0.15) is 11.4 Å². The van der Waals surface area contributed by atoms with Crippen LogP contribution in [-0.2, 0) is 4.79 Å². The van der Waals surface area contributed by atoms with Gasteiger partial charge in [0.25, 0.3) is 5.91 Å². The van der Waals surface area contributed by atoms with Gasteiger partial charge in [-0.15, -0.1) is 0 Å². The molecule has 1 saturated heterocycles. The van der Waals surface area contributed by atoms with Crippen LogP contribution >= 0.6 is 15.9 Å². The number of halogens is 1. The van der Waals surface area contributed by atoms with Crippen molar-refractivity contribution in [2.45, 2.75) is 37.3 Å². The number of benzene rings is 2. The van der Waals surface area contributed by atoms with Gasteiger partial charge in [-0.05, 0) is 37.1 Å². The predicted molar refractivity (Wildman–Crippen MR) is 126 cm³/mol. The van der Waals surface area contributed by atoms with Gasteiger partial charge in [0, 0.05) is 41.5 Å². The summed E-state index contributed by atoms with van der Waals surface area (Å²) in [6.07, 6.45) is 4.08. The summed E-state index contributed by atoms with van der Waals surface area (Å²) < 4.78 is 7.46. The summed E-state index contributed by atoms with van der Waals surface area (Å²) in [7, 11) is 0. The summed E-state index contributed by atoms with van der Waals surface area (Å²) in [6, 6.07) is 11.3. The number of nitrogens with one attached hydrogen (secondary N) is 2. The molecule has 0 aliphatic carbocycles. The fourth-order valence-corrected chi connectivity index (χ4v) is 5.29. The van der Waals surface area contributed by atoms with Gasteiger partial charge < -0.3 is 20.1 Å². The second-order valence-corrected chi connectivity index (χ2v) is 9.74. The third-order valence-corrected chi connectivity index (χ3v) is 7.18. The maximum atomic E-state index is 13.3. The smallest absolute Gasteiger partial charge is 0.304 e. The fraction of sp³-hybridized carbons (Fsp3) is 0.375. The van der Waals surface area contributed by atoms with Crippen molar-refractivity contribution in [3.8, 4) is 5.75 Å². The van der Waals surface area contributed by atoms with Crippen LogP contribution in [-0.4, -0.2) is 57.3 Å². The molecular weight excluding hydrogens is 488 g/mol.